The molecule has 4 heteroatoms. The van der Waals surface area contributed by atoms with E-state index in [-0.39, 0.29) is 5.78 Å². The van der Waals surface area contributed by atoms with E-state index in [4.69, 9.17) is 20.8 Å². The molecule has 1 aromatic heterocycles. The maximum Gasteiger partial charge on any atom is 0.197 e. The van der Waals surface area contributed by atoms with Crippen molar-refractivity contribution in [3.8, 4) is 17.1 Å². The molecule has 0 saturated heterocycles. The van der Waals surface area contributed by atoms with Gasteiger partial charge in [0.05, 0.1) is 12.1 Å². The van der Waals surface area contributed by atoms with Gasteiger partial charge in [0, 0.05) is 12.0 Å². The summed E-state index contributed by atoms with van der Waals surface area (Å²) in [6.07, 6.45) is 0.415. The molecule has 0 aliphatic carbocycles. The van der Waals surface area contributed by atoms with Gasteiger partial charge < -0.3 is 9.15 Å². The monoisotopic (exact) mass is 264 g/mol. The maximum absolute atomic E-state index is 11.5. The second kappa shape index (κ2) is 5.27. The van der Waals surface area contributed by atoms with Crippen molar-refractivity contribution < 1.29 is 13.9 Å². The van der Waals surface area contributed by atoms with Crippen LogP contribution in [0.25, 0.3) is 11.3 Å². The molecule has 2 aromatic rings. The third-order valence-electron chi connectivity index (χ3n) is 2.64. The molecule has 1 aromatic carbocycles. The topological polar surface area (TPSA) is 39.4 Å². The number of rotatable bonds is 4. The van der Waals surface area contributed by atoms with E-state index in [1.807, 2.05) is 0 Å². The lowest BCUT2D eigenvalue weighted by Gasteiger charge is -2.04. The van der Waals surface area contributed by atoms with Crippen LogP contribution in [0, 0.1) is 0 Å². The van der Waals surface area contributed by atoms with Crippen LogP contribution in [0.2, 0.25) is 5.02 Å². The number of hydrogen-bond acceptors (Lipinski definition) is 3. The van der Waals surface area contributed by atoms with Crippen molar-refractivity contribution in [2.45, 2.75) is 13.3 Å². The minimum Gasteiger partial charge on any atom is -0.497 e. The first kappa shape index (κ1) is 12.7. The van der Waals surface area contributed by atoms with Crippen LogP contribution in [0.3, 0.4) is 0 Å². The Hall–Kier alpha value is -1.74. The largest absolute Gasteiger partial charge is 0.497 e. The van der Waals surface area contributed by atoms with Crippen molar-refractivity contribution in [3.05, 3.63) is 41.1 Å². The predicted octanol–water partition coefficient (Wildman–Crippen LogP) is 4.20. The first-order valence-electron chi connectivity index (χ1n) is 5.62. The van der Waals surface area contributed by atoms with Crippen molar-refractivity contribution in [1.82, 2.24) is 0 Å². The number of methoxy groups -OCH3 is 1. The summed E-state index contributed by atoms with van der Waals surface area (Å²) in [7, 11) is 1.58. The molecule has 18 heavy (non-hydrogen) atoms. The third-order valence-corrected chi connectivity index (χ3v) is 2.97. The number of furan rings is 1. The summed E-state index contributed by atoms with van der Waals surface area (Å²) < 4.78 is 10.7. The summed E-state index contributed by atoms with van der Waals surface area (Å²) in [4.78, 5) is 11.5. The van der Waals surface area contributed by atoms with Crippen LogP contribution in [0.15, 0.2) is 34.7 Å². The average molecular weight is 265 g/mol. The Balaban J connectivity index is 2.42. The Morgan fingerprint density at radius 2 is 2.11 bits per heavy atom. The standard InChI is InChI=1S/C14H13ClO3/c1-3-12(16)14-7-6-13(18-14)10-8-9(17-2)4-5-11(10)15/h4-8H,3H2,1-2H3. The Morgan fingerprint density at radius 1 is 1.33 bits per heavy atom. The number of carbonyl (C=O) groups is 1. The quantitative estimate of drug-likeness (QED) is 0.777. The Kier molecular flexibility index (Phi) is 3.72. The zero-order chi connectivity index (χ0) is 13.1. The van der Waals surface area contributed by atoms with Crippen LogP contribution in [-0.2, 0) is 0 Å². The number of halogens is 1. The van der Waals surface area contributed by atoms with Gasteiger partial charge in [-0.2, -0.15) is 0 Å². The molecule has 0 aliphatic heterocycles. The molecule has 0 saturated carbocycles. The van der Waals surface area contributed by atoms with Crippen molar-refractivity contribution >= 4 is 17.4 Å². The number of carbonyl (C=O) groups excluding carboxylic acids is 1. The maximum atomic E-state index is 11.5. The number of Topliss-reactive ketones (excluding diaryl/α,β-unsaturated/α-hetero) is 1. The van der Waals surface area contributed by atoms with E-state index in [9.17, 15) is 4.79 Å². The normalized spacial score (nSPS) is 10.4. The highest BCUT2D eigenvalue weighted by atomic mass is 35.5. The lowest BCUT2D eigenvalue weighted by atomic mass is 10.1. The molecular weight excluding hydrogens is 252 g/mol. The molecule has 0 atom stereocenters. The van der Waals surface area contributed by atoms with E-state index in [1.54, 1.807) is 44.4 Å². The molecule has 0 bridgehead atoms. The highest BCUT2D eigenvalue weighted by Crippen LogP contribution is 2.32. The number of benzene rings is 1. The molecule has 0 amide bonds. The Bertz CT molecular complexity index is 572. The van der Waals surface area contributed by atoms with Crippen LogP contribution >= 0.6 is 11.6 Å². The summed E-state index contributed by atoms with van der Waals surface area (Å²) >= 11 is 6.11. The van der Waals surface area contributed by atoms with Gasteiger partial charge in [-0.3, -0.25) is 4.79 Å². The average Bonchev–Trinajstić information content (AvgIpc) is 2.88. The molecule has 1 heterocycles. The zero-order valence-corrected chi connectivity index (χ0v) is 11.0. The SMILES string of the molecule is CCC(=O)c1ccc(-c2cc(OC)ccc2Cl)o1. The fourth-order valence-electron chi connectivity index (χ4n) is 1.63. The van der Waals surface area contributed by atoms with E-state index < -0.39 is 0 Å². The van der Waals surface area contributed by atoms with Gasteiger partial charge in [-0.05, 0) is 30.3 Å². The van der Waals surface area contributed by atoms with Gasteiger partial charge in [0.15, 0.2) is 11.5 Å². The molecule has 94 valence electrons. The minimum atomic E-state index is -0.0275. The zero-order valence-electron chi connectivity index (χ0n) is 10.2. The van der Waals surface area contributed by atoms with Gasteiger partial charge in [0.2, 0.25) is 0 Å². The Morgan fingerprint density at radius 3 is 2.78 bits per heavy atom. The molecule has 0 aliphatic rings. The summed E-state index contributed by atoms with van der Waals surface area (Å²) in [5, 5.41) is 0.556. The van der Waals surface area contributed by atoms with E-state index in [1.165, 1.54) is 0 Å². The molecule has 0 fully saturated rings. The molecular formula is C14H13ClO3. The third kappa shape index (κ3) is 2.41. The molecule has 2 rings (SSSR count). The molecule has 0 radical (unpaired) electrons. The first-order valence-corrected chi connectivity index (χ1v) is 6.00. The molecule has 0 spiro atoms. The smallest absolute Gasteiger partial charge is 0.197 e. The van der Waals surface area contributed by atoms with Gasteiger partial charge in [0.1, 0.15) is 11.5 Å². The number of ketones is 1. The molecule has 0 unspecified atom stereocenters. The van der Waals surface area contributed by atoms with E-state index in [0.717, 1.165) is 0 Å². The lowest BCUT2D eigenvalue weighted by Crippen LogP contribution is -1.92. The molecule has 3 nitrogen and oxygen atoms in total. The second-order valence-corrected chi connectivity index (χ2v) is 4.19. The predicted molar refractivity (Wildman–Crippen MR) is 70.3 cm³/mol. The van der Waals surface area contributed by atoms with Gasteiger partial charge in [-0.25, -0.2) is 0 Å². The highest BCUT2D eigenvalue weighted by molar-refractivity contribution is 6.33. The van der Waals surface area contributed by atoms with Gasteiger partial charge in [-0.1, -0.05) is 18.5 Å². The Labute approximate surface area is 110 Å². The number of hydrogen-bond donors (Lipinski definition) is 0. The lowest BCUT2D eigenvalue weighted by molar-refractivity contribution is 0.0962. The van der Waals surface area contributed by atoms with Gasteiger partial charge in [0.25, 0.3) is 0 Å². The first-order chi connectivity index (χ1) is 8.65. The van der Waals surface area contributed by atoms with E-state index in [2.05, 4.69) is 0 Å². The summed E-state index contributed by atoms with van der Waals surface area (Å²) in [5.74, 6) is 1.58. The van der Waals surface area contributed by atoms with Crippen molar-refractivity contribution in [3.63, 3.8) is 0 Å². The van der Waals surface area contributed by atoms with Gasteiger partial charge in [-0.15, -0.1) is 0 Å². The van der Waals surface area contributed by atoms with Crippen LogP contribution in [-0.4, -0.2) is 12.9 Å². The molecule has 0 N–H and O–H groups in total. The summed E-state index contributed by atoms with van der Waals surface area (Å²) in [5.41, 5.74) is 0.714. The van der Waals surface area contributed by atoms with E-state index >= 15 is 0 Å². The van der Waals surface area contributed by atoms with Crippen molar-refractivity contribution in [2.24, 2.45) is 0 Å². The van der Waals surface area contributed by atoms with E-state index in [0.29, 0.717) is 34.3 Å². The summed E-state index contributed by atoms with van der Waals surface area (Å²) in [6, 6.07) is 8.69. The van der Waals surface area contributed by atoms with Crippen LogP contribution in [0.4, 0.5) is 0 Å². The van der Waals surface area contributed by atoms with Crippen molar-refractivity contribution in [1.29, 1.82) is 0 Å². The fourth-order valence-corrected chi connectivity index (χ4v) is 1.84. The van der Waals surface area contributed by atoms with Crippen LogP contribution < -0.4 is 4.74 Å². The highest BCUT2D eigenvalue weighted by Gasteiger charge is 2.13. The fraction of sp³-hybridized carbons (Fsp3) is 0.214. The second-order valence-electron chi connectivity index (χ2n) is 3.79. The van der Waals surface area contributed by atoms with Gasteiger partial charge >= 0.3 is 0 Å². The van der Waals surface area contributed by atoms with Crippen molar-refractivity contribution in [2.75, 3.05) is 7.11 Å². The number of ether oxygens (including phenoxy) is 1. The minimum absolute atomic E-state index is 0.0275. The summed E-state index contributed by atoms with van der Waals surface area (Å²) in [6.45, 7) is 1.79. The van der Waals surface area contributed by atoms with Crippen LogP contribution in [0.1, 0.15) is 23.9 Å². The van der Waals surface area contributed by atoms with Crippen LogP contribution in [0.5, 0.6) is 5.75 Å².